The second-order valence-corrected chi connectivity index (χ2v) is 4.97. The van der Waals surface area contributed by atoms with E-state index in [0.29, 0.717) is 18.4 Å². The highest BCUT2D eigenvalue weighted by atomic mass is 127. The molecular formula is C12H24IN3O. The third-order valence-corrected chi connectivity index (χ3v) is 3.61. The molecule has 1 aliphatic carbocycles. The van der Waals surface area contributed by atoms with Crippen LogP contribution >= 0.6 is 24.0 Å². The maximum absolute atomic E-state index is 9.17. The monoisotopic (exact) mass is 353 g/mol. The second-order valence-electron chi connectivity index (χ2n) is 4.97. The molecule has 0 aromatic carbocycles. The fourth-order valence-corrected chi connectivity index (χ4v) is 2.65. The predicted molar refractivity (Wildman–Crippen MR) is 80.9 cm³/mol. The Morgan fingerprint density at radius 2 is 2.12 bits per heavy atom. The number of aliphatic hydroxyl groups is 1. The number of aliphatic hydroxyl groups excluding tert-OH is 1. The lowest BCUT2D eigenvalue weighted by molar-refractivity contribution is 0.161. The van der Waals surface area contributed by atoms with E-state index in [1.807, 2.05) is 0 Å². The zero-order valence-electron chi connectivity index (χ0n) is 10.3. The molecule has 1 aliphatic heterocycles. The molecule has 5 heteroatoms. The van der Waals surface area contributed by atoms with Crippen LogP contribution < -0.4 is 10.6 Å². The number of aliphatic imine (C=N–C) groups is 1. The summed E-state index contributed by atoms with van der Waals surface area (Å²) in [7, 11) is 0. The van der Waals surface area contributed by atoms with Crippen LogP contribution in [0.5, 0.6) is 0 Å². The van der Waals surface area contributed by atoms with Gasteiger partial charge >= 0.3 is 0 Å². The van der Waals surface area contributed by atoms with Gasteiger partial charge in [-0.25, -0.2) is 0 Å². The molecule has 4 nitrogen and oxygen atoms in total. The molecule has 1 heterocycles. The van der Waals surface area contributed by atoms with Gasteiger partial charge in [0.15, 0.2) is 5.96 Å². The van der Waals surface area contributed by atoms with E-state index in [0.717, 1.165) is 38.4 Å². The number of nitrogens with one attached hydrogen (secondary N) is 2. The van der Waals surface area contributed by atoms with Crippen LogP contribution in [0.15, 0.2) is 4.99 Å². The lowest BCUT2D eigenvalue weighted by Crippen LogP contribution is -2.43. The van der Waals surface area contributed by atoms with E-state index in [1.165, 1.54) is 19.3 Å². The number of guanidine groups is 1. The number of hydrogen-bond donors (Lipinski definition) is 3. The Morgan fingerprint density at radius 3 is 2.82 bits per heavy atom. The van der Waals surface area contributed by atoms with E-state index in [4.69, 9.17) is 5.11 Å². The first-order chi connectivity index (χ1) is 7.88. The van der Waals surface area contributed by atoms with E-state index in [2.05, 4.69) is 15.6 Å². The van der Waals surface area contributed by atoms with E-state index in [1.54, 1.807) is 0 Å². The largest absolute Gasteiger partial charge is 0.396 e. The Balaban J connectivity index is 0.00000144. The van der Waals surface area contributed by atoms with Crippen molar-refractivity contribution in [3.63, 3.8) is 0 Å². The van der Waals surface area contributed by atoms with Crippen LogP contribution in [0, 0.1) is 11.8 Å². The summed E-state index contributed by atoms with van der Waals surface area (Å²) in [4.78, 5) is 4.40. The number of nitrogens with zero attached hydrogens (tertiary/aromatic N) is 1. The Kier molecular flexibility index (Phi) is 7.18. The molecule has 1 saturated carbocycles. The quantitative estimate of drug-likeness (QED) is 0.672. The molecule has 2 rings (SSSR count). The van der Waals surface area contributed by atoms with Gasteiger partial charge in [0, 0.05) is 26.2 Å². The Morgan fingerprint density at radius 1 is 1.29 bits per heavy atom. The molecule has 0 amide bonds. The van der Waals surface area contributed by atoms with Crippen LogP contribution in [-0.4, -0.2) is 37.3 Å². The van der Waals surface area contributed by atoms with Crippen molar-refractivity contribution >= 4 is 29.9 Å². The lowest BCUT2D eigenvalue weighted by Gasteiger charge is -2.28. The number of rotatable bonds is 3. The molecule has 0 spiro atoms. The minimum absolute atomic E-state index is 0. The normalized spacial score (nSPS) is 28.6. The molecule has 0 radical (unpaired) electrons. The fourth-order valence-electron chi connectivity index (χ4n) is 2.65. The molecule has 0 unspecified atom stereocenters. The van der Waals surface area contributed by atoms with Crippen LogP contribution in [0.4, 0.5) is 0 Å². The maximum atomic E-state index is 9.17. The molecule has 0 saturated heterocycles. The summed E-state index contributed by atoms with van der Waals surface area (Å²) in [5, 5.41) is 15.8. The van der Waals surface area contributed by atoms with Gasteiger partial charge in [0.2, 0.25) is 0 Å². The molecule has 0 aromatic heterocycles. The van der Waals surface area contributed by atoms with Crippen LogP contribution in [-0.2, 0) is 0 Å². The van der Waals surface area contributed by atoms with Gasteiger partial charge in [-0.05, 0) is 37.5 Å². The molecule has 1 fully saturated rings. The van der Waals surface area contributed by atoms with Crippen LogP contribution in [0.3, 0.4) is 0 Å². The highest BCUT2D eigenvalue weighted by Gasteiger charge is 2.21. The Labute approximate surface area is 121 Å². The highest BCUT2D eigenvalue weighted by Crippen LogP contribution is 2.28. The van der Waals surface area contributed by atoms with Gasteiger partial charge < -0.3 is 15.7 Å². The van der Waals surface area contributed by atoms with Gasteiger partial charge in [-0.3, -0.25) is 4.99 Å². The van der Waals surface area contributed by atoms with Crippen molar-refractivity contribution in [3.05, 3.63) is 0 Å². The average Bonchev–Trinajstić information content (AvgIpc) is 2.38. The maximum Gasteiger partial charge on any atom is 0.191 e. The summed E-state index contributed by atoms with van der Waals surface area (Å²) < 4.78 is 0. The summed E-state index contributed by atoms with van der Waals surface area (Å²) in [6.45, 7) is 3.34. The zero-order chi connectivity index (χ0) is 11.2. The third-order valence-electron chi connectivity index (χ3n) is 3.61. The summed E-state index contributed by atoms with van der Waals surface area (Å²) in [5.41, 5.74) is 0. The molecular weight excluding hydrogens is 329 g/mol. The lowest BCUT2D eigenvalue weighted by atomic mass is 9.82. The number of halogens is 1. The van der Waals surface area contributed by atoms with Crippen molar-refractivity contribution in [2.45, 2.75) is 32.1 Å². The summed E-state index contributed by atoms with van der Waals surface area (Å²) in [5.74, 6) is 2.21. The van der Waals surface area contributed by atoms with E-state index in [9.17, 15) is 0 Å². The molecule has 2 aliphatic rings. The van der Waals surface area contributed by atoms with Gasteiger partial charge in [-0.2, -0.15) is 0 Å². The van der Waals surface area contributed by atoms with Crippen LogP contribution in [0.1, 0.15) is 32.1 Å². The SMILES string of the molecule is I.OC[C@@H]1CCC[C@H](CNC2=NCCCN2)C1. The van der Waals surface area contributed by atoms with Crippen molar-refractivity contribution in [3.8, 4) is 0 Å². The smallest absolute Gasteiger partial charge is 0.191 e. The first-order valence-electron chi connectivity index (χ1n) is 6.51. The molecule has 17 heavy (non-hydrogen) atoms. The van der Waals surface area contributed by atoms with E-state index >= 15 is 0 Å². The minimum Gasteiger partial charge on any atom is -0.396 e. The molecule has 2 atom stereocenters. The van der Waals surface area contributed by atoms with E-state index < -0.39 is 0 Å². The van der Waals surface area contributed by atoms with Crippen LogP contribution in [0.25, 0.3) is 0 Å². The first kappa shape index (κ1) is 15.0. The zero-order valence-corrected chi connectivity index (χ0v) is 12.7. The highest BCUT2D eigenvalue weighted by molar-refractivity contribution is 14.0. The van der Waals surface area contributed by atoms with Crippen molar-refractivity contribution in [1.82, 2.24) is 10.6 Å². The van der Waals surface area contributed by atoms with Crippen LogP contribution in [0.2, 0.25) is 0 Å². The molecule has 0 bridgehead atoms. The summed E-state index contributed by atoms with van der Waals surface area (Å²) in [6, 6.07) is 0. The van der Waals surface area contributed by atoms with Gasteiger partial charge in [-0.15, -0.1) is 24.0 Å². The molecule has 100 valence electrons. The Bertz CT molecular complexity index is 248. The summed E-state index contributed by atoms with van der Waals surface area (Å²) >= 11 is 0. The van der Waals surface area contributed by atoms with Gasteiger partial charge in [-0.1, -0.05) is 6.42 Å². The van der Waals surface area contributed by atoms with Gasteiger partial charge in [0.05, 0.1) is 0 Å². The second kappa shape index (κ2) is 8.13. The van der Waals surface area contributed by atoms with Crippen molar-refractivity contribution in [1.29, 1.82) is 0 Å². The predicted octanol–water partition coefficient (Wildman–Crippen LogP) is 1.34. The summed E-state index contributed by atoms with van der Waals surface area (Å²) in [6.07, 6.45) is 6.05. The first-order valence-corrected chi connectivity index (χ1v) is 6.51. The fraction of sp³-hybridized carbons (Fsp3) is 0.917. The van der Waals surface area contributed by atoms with Gasteiger partial charge in [0.25, 0.3) is 0 Å². The van der Waals surface area contributed by atoms with Gasteiger partial charge in [0.1, 0.15) is 0 Å². The van der Waals surface area contributed by atoms with Crippen molar-refractivity contribution in [2.24, 2.45) is 16.8 Å². The van der Waals surface area contributed by atoms with Crippen molar-refractivity contribution < 1.29 is 5.11 Å². The topological polar surface area (TPSA) is 56.6 Å². The minimum atomic E-state index is 0. The molecule has 0 aromatic rings. The standard InChI is InChI=1S/C12H23N3O.HI/c16-9-11-4-1-3-10(7-11)8-15-12-13-5-2-6-14-12;/h10-11,16H,1-9H2,(H2,13,14,15);1H/t10-,11+;/m0./s1. The average molecular weight is 353 g/mol. The number of hydrogen-bond acceptors (Lipinski definition) is 4. The molecule has 3 N–H and O–H groups in total. The third kappa shape index (κ3) is 4.99. The Hall–Kier alpha value is -0.0400. The van der Waals surface area contributed by atoms with E-state index in [-0.39, 0.29) is 24.0 Å². The van der Waals surface area contributed by atoms with Crippen molar-refractivity contribution in [2.75, 3.05) is 26.2 Å².